The highest BCUT2D eigenvalue weighted by Crippen LogP contribution is 2.51. The van der Waals surface area contributed by atoms with Gasteiger partial charge in [0.25, 0.3) is 0 Å². The summed E-state index contributed by atoms with van der Waals surface area (Å²) in [5, 5.41) is 21.9. The van der Waals surface area contributed by atoms with Gasteiger partial charge in [0.05, 0.1) is 39.1 Å². The van der Waals surface area contributed by atoms with Gasteiger partial charge >= 0.3 is 5.69 Å². The van der Waals surface area contributed by atoms with Crippen LogP contribution in [0.1, 0.15) is 31.0 Å². The van der Waals surface area contributed by atoms with Gasteiger partial charge in [0.2, 0.25) is 5.91 Å². The summed E-state index contributed by atoms with van der Waals surface area (Å²) in [5.74, 6) is -1.76. The summed E-state index contributed by atoms with van der Waals surface area (Å²) in [7, 11) is 1.79. The third kappa shape index (κ3) is 4.37. The van der Waals surface area contributed by atoms with Gasteiger partial charge in [-0.25, -0.2) is 9.18 Å². The fraction of sp³-hybridized carbons (Fsp3) is 0.312. The number of likely N-dealkylation sites (N-methyl/N-ethyl adjacent to an activating group) is 1. The molecule has 44 heavy (non-hydrogen) atoms. The Labute approximate surface area is 258 Å². The number of amides is 1. The zero-order chi connectivity index (χ0) is 31.6. The van der Waals surface area contributed by atoms with Crippen LogP contribution in [0.4, 0.5) is 15.9 Å². The van der Waals surface area contributed by atoms with Gasteiger partial charge in [0.1, 0.15) is 22.8 Å². The van der Waals surface area contributed by atoms with Crippen LogP contribution in [-0.2, 0) is 4.79 Å². The summed E-state index contributed by atoms with van der Waals surface area (Å²) in [6.45, 7) is 10.7. The summed E-state index contributed by atoms with van der Waals surface area (Å²) in [6, 6.07) is 5.52. The summed E-state index contributed by atoms with van der Waals surface area (Å²) in [5.41, 5.74) is 0.751. The van der Waals surface area contributed by atoms with Crippen molar-refractivity contribution in [2.45, 2.75) is 32.7 Å². The van der Waals surface area contributed by atoms with E-state index in [-0.39, 0.29) is 56.9 Å². The van der Waals surface area contributed by atoms with E-state index in [0.29, 0.717) is 54.2 Å². The number of aromatic nitrogens is 3. The predicted molar refractivity (Wildman–Crippen MR) is 169 cm³/mol. The van der Waals surface area contributed by atoms with Crippen LogP contribution < -0.4 is 15.5 Å². The Bertz CT molecular complexity index is 1910. The Kier molecular flexibility index (Phi) is 7.23. The van der Waals surface area contributed by atoms with Gasteiger partial charge in [-0.05, 0) is 42.7 Å². The summed E-state index contributed by atoms with van der Waals surface area (Å²) in [6.07, 6.45) is 2.91. The molecule has 2 aromatic heterocycles. The maximum atomic E-state index is 17.4. The largest absolute Gasteiger partial charge is 0.507 e. The number of nitrogens with zero attached hydrogens (tertiary/aromatic N) is 6. The lowest BCUT2D eigenvalue weighted by atomic mass is 9.97. The number of carbonyl (C=O) groups excluding carboxylic acids is 1. The van der Waals surface area contributed by atoms with E-state index in [1.807, 2.05) is 30.6 Å². The van der Waals surface area contributed by atoms with Crippen molar-refractivity contribution in [2.24, 2.45) is 0 Å². The van der Waals surface area contributed by atoms with Gasteiger partial charge in [-0.3, -0.25) is 14.3 Å². The normalized spacial score (nSPS) is 16.3. The molecule has 2 N–H and O–H groups in total. The molecule has 0 radical (unpaired) electrons. The molecule has 1 saturated heterocycles. The van der Waals surface area contributed by atoms with Crippen LogP contribution in [0.2, 0.25) is 5.02 Å². The Morgan fingerprint density at radius 3 is 2.50 bits per heavy atom. The molecule has 6 rings (SSSR count). The zero-order valence-corrected chi connectivity index (χ0v) is 25.6. The smallest absolute Gasteiger partial charge is 0.354 e. The minimum absolute atomic E-state index is 0.0617. The van der Waals surface area contributed by atoms with Crippen molar-refractivity contribution >= 4 is 39.9 Å². The molecule has 228 valence electrons. The fourth-order valence-corrected chi connectivity index (χ4v) is 6.88. The van der Waals surface area contributed by atoms with E-state index in [2.05, 4.69) is 16.5 Å². The van der Waals surface area contributed by atoms with E-state index in [1.165, 1.54) is 28.8 Å². The number of phenolic OH excluding ortho intramolecular Hbond substituents is 2. The lowest BCUT2D eigenvalue weighted by Gasteiger charge is -2.41. The Morgan fingerprint density at radius 1 is 1.14 bits per heavy atom. The molecule has 1 amide bonds. The molecule has 12 heteroatoms. The molecule has 0 bridgehead atoms. The summed E-state index contributed by atoms with van der Waals surface area (Å²) >= 11 is 7.07. The first-order valence-corrected chi connectivity index (χ1v) is 14.7. The van der Waals surface area contributed by atoms with Crippen molar-refractivity contribution in [2.75, 3.05) is 43.0 Å². The number of piperazine rings is 1. The van der Waals surface area contributed by atoms with Gasteiger partial charge < -0.3 is 24.9 Å². The lowest BCUT2D eigenvalue weighted by Crippen LogP contribution is -2.57. The molecule has 1 unspecified atom stereocenters. The van der Waals surface area contributed by atoms with Gasteiger partial charge in [-0.1, -0.05) is 38.1 Å². The standard InChI is InChI=1S/C32H32ClFN6O4/c1-6-21(43)38-12-13-39-18(15-38)14-37(5)29-24-30(26(34)23(25(29)33)22-19(41)8-7-9-20(22)42)40(32(44)36-31(24)39)28-17(4)10-11-35-27(28)16(2)3/h6-11,16,18,41-42H,1,12-15H2,2-5H3. The van der Waals surface area contributed by atoms with Crippen LogP contribution in [0.5, 0.6) is 11.5 Å². The molecule has 1 fully saturated rings. The average Bonchev–Trinajstić information content (AvgIpc) is 3.10. The maximum absolute atomic E-state index is 17.4. The Balaban J connectivity index is 1.79. The third-order valence-corrected chi connectivity index (χ3v) is 8.84. The number of fused-ring (bicyclic) bond motifs is 2. The second-order valence-electron chi connectivity index (χ2n) is 11.5. The van der Waals surface area contributed by atoms with E-state index in [1.54, 1.807) is 24.2 Å². The second-order valence-corrected chi connectivity index (χ2v) is 11.9. The van der Waals surface area contributed by atoms with Crippen molar-refractivity contribution in [1.82, 2.24) is 19.4 Å². The number of hydrogen-bond donors (Lipinski definition) is 2. The monoisotopic (exact) mass is 618 g/mol. The maximum Gasteiger partial charge on any atom is 0.354 e. The first-order chi connectivity index (χ1) is 21.0. The SMILES string of the molecule is C=CC(=O)N1CCN2c3nc(=O)n(-c4c(C)ccnc4C(C)C)c4c(F)c(-c5c(O)cccc5O)c(Cl)c(c34)N(C)CC2C1. The fourth-order valence-electron chi connectivity index (χ4n) is 6.47. The minimum atomic E-state index is -0.906. The highest BCUT2D eigenvalue weighted by molar-refractivity contribution is 6.38. The van der Waals surface area contributed by atoms with Crippen LogP contribution in [0, 0.1) is 12.7 Å². The number of rotatable bonds is 4. The van der Waals surface area contributed by atoms with Gasteiger partial charge in [-0.2, -0.15) is 4.98 Å². The number of hydrogen-bond acceptors (Lipinski definition) is 8. The van der Waals surface area contributed by atoms with Gasteiger partial charge in [0, 0.05) is 45.0 Å². The number of halogens is 2. The van der Waals surface area contributed by atoms with Crippen LogP contribution in [0.3, 0.4) is 0 Å². The van der Waals surface area contributed by atoms with Crippen LogP contribution in [0.25, 0.3) is 27.7 Å². The zero-order valence-electron chi connectivity index (χ0n) is 24.8. The molecular weight excluding hydrogens is 587 g/mol. The van der Waals surface area contributed by atoms with Crippen molar-refractivity contribution < 1.29 is 19.4 Å². The molecule has 0 aliphatic carbocycles. The molecule has 2 aromatic carbocycles. The molecule has 2 aliphatic heterocycles. The molecule has 1 atom stereocenters. The number of anilines is 2. The number of benzene rings is 2. The molecule has 10 nitrogen and oxygen atoms in total. The second kappa shape index (κ2) is 10.8. The van der Waals surface area contributed by atoms with Crippen LogP contribution in [-0.4, -0.2) is 74.8 Å². The van der Waals surface area contributed by atoms with Crippen LogP contribution >= 0.6 is 11.6 Å². The molecular formula is C32H32ClFN6O4. The number of pyridine rings is 1. The van der Waals surface area contributed by atoms with Crippen molar-refractivity contribution in [3.05, 3.63) is 75.7 Å². The van der Waals surface area contributed by atoms with E-state index >= 15 is 4.39 Å². The number of phenols is 2. The summed E-state index contributed by atoms with van der Waals surface area (Å²) in [4.78, 5) is 41.3. The van der Waals surface area contributed by atoms with E-state index in [0.717, 1.165) is 0 Å². The van der Waals surface area contributed by atoms with E-state index in [9.17, 15) is 19.8 Å². The summed E-state index contributed by atoms with van der Waals surface area (Å²) < 4.78 is 18.6. The number of carbonyl (C=O) groups is 1. The first kappa shape index (κ1) is 29.4. The van der Waals surface area contributed by atoms with E-state index < -0.39 is 11.5 Å². The lowest BCUT2D eigenvalue weighted by molar-refractivity contribution is -0.126. The van der Waals surface area contributed by atoms with Gasteiger partial charge in [-0.15, -0.1) is 0 Å². The molecule has 0 saturated carbocycles. The van der Waals surface area contributed by atoms with E-state index in [4.69, 9.17) is 11.6 Å². The van der Waals surface area contributed by atoms with Crippen molar-refractivity contribution in [3.63, 3.8) is 0 Å². The quantitative estimate of drug-likeness (QED) is 0.315. The Hall–Kier alpha value is -4.64. The average molecular weight is 619 g/mol. The number of aryl methyl sites for hydroxylation is 1. The highest BCUT2D eigenvalue weighted by Gasteiger charge is 2.39. The van der Waals surface area contributed by atoms with Crippen LogP contribution in [0.15, 0.2) is 47.9 Å². The molecule has 0 spiro atoms. The highest BCUT2D eigenvalue weighted by atomic mass is 35.5. The molecule has 4 heterocycles. The predicted octanol–water partition coefficient (Wildman–Crippen LogP) is 4.74. The van der Waals surface area contributed by atoms with Crippen molar-refractivity contribution in [1.29, 1.82) is 0 Å². The first-order valence-electron chi connectivity index (χ1n) is 14.3. The Morgan fingerprint density at radius 2 is 1.84 bits per heavy atom. The van der Waals surface area contributed by atoms with Gasteiger partial charge in [0.15, 0.2) is 5.82 Å². The number of aromatic hydroxyl groups is 2. The molecule has 2 aliphatic rings. The third-order valence-electron chi connectivity index (χ3n) is 8.47. The molecule has 4 aromatic rings. The van der Waals surface area contributed by atoms with Crippen molar-refractivity contribution in [3.8, 4) is 28.3 Å². The topological polar surface area (TPSA) is 115 Å². The minimum Gasteiger partial charge on any atom is -0.507 e.